The molecule has 3 heteroatoms. The minimum atomic E-state index is 0.742. The Hall–Kier alpha value is -0.110. The third-order valence-electron chi connectivity index (χ3n) is 1.62. The van der Waals surface area contributed by atoms with Crippen LogP contribution in [0.15, 0.2) is 23.1 Å². The number of hydrogen-bond acceptors (Lipinski definition) is 1. The molecule has 0 saturated heterocycles. The summed E-state index contributed by atoms with van der Waals surface area (Å²) in [6.45, 7) is 1.95. The van der Waals surface area contributed by atoms with Crippen LogP contribution in [0.4, 0.5) is 0 Å². The highest BCUT2D eigenvalue weighted by molar-refractivity contribution is 7.98. The van der Waals surface area contributed by atoms with Gasteiger partial charge in [0.25, 0.3) is 0 Å². The van der Waals surface area contributed by atoms with Gasteiger partial charge in [-0.05, 0) is 30.9 Å². The van der Waals surface area contributed by atoms with Crippen molar-refractivity contribution in [2.75, 3.05) is 6.26 Å². The van der Waals surface area contributed by atoms with Crippen molar-refractivity contribution in [2.24, 2.45) is 0 Å². The maximum atomic E-state index is 6.04. The average molecular weight is 233 g/mol. The van der Waals surface area contributed by atoms with Crippen molar-refractivity contribution in [1.82, 2.24) is 0 Å². The van der Waals surface area contributed by atoms with Crippen molar-refractivity contribution in [3.05, 3.63) is 33.8 Å². The van der Waals surface area contributed by atoms with Crippen LogP contribution in [0, 0.1) is 0 Å². The molecule has 1 rings (SSSR count). The summed E-state index contributed by atoms with van der Waals surface area (Å²) in [6, 6.07) is 3.78. The van der Waals surface area contributed by atoms with E-state index < -0.39 is 0 Å². The highest BCUT2D eigenvalue weighted by atomic mass is 35.5. The van der Waals surface area contributed by atoms with Crippen LogP contribution in [0.25, 0.3) is 6.08 Å². The van der Waals surface area contributed by atoms with Gasteiger partial charge in [-0.25, -0.2) is 0 Å². The van der Waals surface area contributed by atoms with Gasteiger partial charge in [0.05, 0.1) is 5.02 Å². The molecule has 0 radical (unpaired) electrons. The summed E-state index contributed by atoms with van der Waals surface area (Å²) < 4.78 is 0. The molecule has 1 aromatic rings. The van der Waals surface area contributed by atoms with Crippen LogP contribution in [-0.2, 0) is 0 Å². The second kappa shape index (κ2) is 4.94. The molecule has 0 aliphatic rings. The number of hydrogen-bond donors (Lipinski definition) is 0. The normalized spacial score (nSPS) is 11.1. The van der Waals surface area contributed by atoms with Gasteiger partial charge >= 0.3 is 0 Å². The molecule has 0 nitrogen and oxygen atoms in total. The average Bonchev–Trinajstić information content (AvgIpc) is 2.11. The van der Waals surface area contributed by atoms with Crippen LogP contribution in [0.1, 0.15) is 12.5 Å². The highest BCUT2D eigenvalue weighted by Crippen LogP contribution is 2.31. The molecule has 1 aromatic carbocycles. The zero-order valence-corrected chi connectivity index (χ0v) is 9.80. The first-order valence-corrected chi connectivity index (χ1v) is 5.83. The lowest BCUT2D eigenvalue weighted by molar-refractivity contribution is 1.45. The quantitative estimate of drug-likeness (QED) is 0.664. The minimum Gasteiger partial charge on any atom is -0.128 e. The first-order valence-electron chi connectivity index (χ1n) is 3.84. The molecule has 0 amide bonds. The molecule has 0 fully saturated rings. The van der Waals surface area contributed by atoms with Gasteiger partial charge in [-0.2, -0.15) is 0 Å². The van der Waals surface area contributed by atoms with Crippen LogP contribution in [-0.4, -0.2) is 6.26 Å². The van der Waals surface area contributed by atoms with E-state index >= 15 is 0 Å². The van der Waals surface area contributed by atoms with Gasteiger partial charge in [-0.3, -0.25) is 0 Å². The number of thioether (sulfide) groups is 1. The monoisotopic (exact) mass is 232 g/mol. The molecular formula is C10H10Cl2S. The molecule has 0 bridgehead atoms. The van der Waals surface area contributed by atoms with E-state index in [1.807, 2.05) is 37.5 Å². The molecule has 0 aliphatic heterocycles. The minimum absolute atomic E-state index is 0.742. The summed E-state index contributed by atoms with van der Waals surface area (Å²) in [7, 11) is 0. The first kappa shape index (κ1) is 11.0. The van der Waals surface area contributed by atoms with E-state index in [2.05, 4.69) is 0 Å². The number of halogens is 2. The smallest absolute Gasteiger partial charge is 0.0548 e. The zero-order chi connectivity index (χ0) is 9.84. The molecule has 13 heavy (non-hydrogen) atoms. The molecule has 0 spiro atoms. The Balaban J connectivity index is 3.20. The third-order valence-corrected chi connectivity index (χ3v) is 3.15. The maximum absolute atomic E-state index is 6.04. The van der Waals surface area contributed by atoms with Gasteiger partial charge in [-0.15, -0.1) is 11.8 Å². The Labute approximate surface area is 92.9 Å². The molecule has 0 heterocycles. The van der Waals surface area contributed by atoms with Gasteiger partial charge in [0.1, 0.15) is 0 Å². The van der Waals surface area contributed by atoms with Gasteiger partial charge in [0.2, 0.25) is 0 Å². The van der Waals surface area contributed by atoms with Crippen molar-refractivity contribution in [1.29, 1.82) is 0 Å². The van der Waals surface area contributed by atoms with Crippen molar-refractivity contribution in [2.45, 2.75) is 11.8 Å². The topological polar surface area (TPSA) is 0 Å². The molecule has 0 unspecified atom stereocenters. The largest absolute Gasteiger partial charge is 0.128 e. The van der Waals surface area contributed by atoms with E-state index in [0.29, 0.717) is 0 Å². The summed E-state index contributed by atoms with van der Waals surface area (Å²) in [5.74, 6) is 0. The summed E-state index contributed by atoms with van der Waals surface area (Å²) >= 11 is 13.7. The van der Waals surface area contributed by atoms with Gasteiger partial charge < -0.3 is 0 Å². The third kappa shape index (κ3) is 2.67. The molecule has 0 aromatic heterocycles. The van der Waals surface area contributed by atoms with Crippen LogP contribution in [0.3, 0.4) is 0 Å². The van der Waals surface area contributed by atoms with Crippen molar-refractivity contribution in [3.63, 3.8) is 0 Å². The first-order chi connectivity index (χ1) is 6.19. The van der Waals surface area contributed by atoms with Crippen LogP contribution in [0.2, 0.25) is 10.0 Å². The zero-order valence-electron chi connectivity index (χ0n) is 7.47. The molecule has 0 atom stereocenters. The van der Waals surface area contributed by atoms with Gasteiger partial charge in [-0.1, -0.05) is 35.4 Å². The van der Waals surface area contributed by atoms with E-state index in [0.717, 1.165) is 20.5 Å². The van der Waals surface area contributed by atoms with E-state index in [9.17, 15) is 0 Å². The Morgan fingerprint density at radius 3 is 2.46 bits per heavy atom. The SMILES string of the molecule is C/C=C/c1cc(Cl)c(SC)cc1Cl. The van der Waals surface area contributed by atoms with Gasteiger partial charge in [0, 0.05) is 9.92 Å². The van der Waals surface area contributed by atoms with Crippen LogP contribution >= 0.6 is 35.0 Å². The predicted molar refractivity (Wildman–Crippen MR) is 63.0 cm³/mol. The van der Waals surface area contributed by atoms with Crippen molar-refractivity contribution < 1.29 is 0 Å². The lowest BCUT2D eigenvalue weighted by atomic mass is 10.2. The second-order valence-electron chi connectivity index (χ2n) is 2.51. The summed E-state index contributed by atoms with van der Waals surface area (Å²) in [5.41, 5.74) is 0.965. The lowest BCUT2D eigenvalue weighted by Gasteiger charge is -2.04. The van der Waals surface area contributed by atoms with Crippen LogP contribution in [0.5, 0.6) is 0 Å². The van der Waals surface area contributed by atoms with Crippen LogP contribution < -0.4 is 0 Å². The Morgan fingerprint density at radius 1 is 1.23 bits per heavy atom. The van der Waals surface area contributed by atoms with Crippen molar-refractivity contribution >= 4 is 41.0 Å². The Morgan fingerprint density at radius 2 is 1.92 bits per heavy atom. The van der Waals surface area contributed by atoms with E-state index in [-0.39, 0.29) is 0 Å². The molecule has 0 N–H and O–H groups in total. The Kier molecular flexibility index (Phi) is 4.17. The molecular weight excluding hydrogens is 223 g/mol. The standard InChI is InChI=1S/C10H10Cl2S/c1-3-4-7-5-9(12)10(13-2)6-8(7)11/h3-6H,1-2H3/b4-3+. The molecule has 0 aliphatic carbocycles. The second-order valence-corrected chi connectivity index (χ2v) is 4.17. The number of benzene rings is 1. The predicted octanol–water partition coefficient (Wildman–Crippen LogP) is 4.75. The fourth-order valence-corrected chi connectivity index (χ4v) is 2.19. The highest BCUT2D eigenvalue weighted by Gasteiger charge is 2.03. The lowest BCUT2D eigenvalue weighted by Crippen LogP contribution is -1.79. The summed E-state index contributed by atoms with van der Waals surface area (Å²) in [6.07, 6.45) is 5.86. The van der Waals surface area contributed by atoms with E-state index in [4.69, 9.17) is 23.2 Å². The maximum Gasteiger partial charge on any atom is 0.0548 e. The summed E-state index contributed by atoms with van der Waals surface area (Å²) in [5, 5.41) is 1.50. The number of allylic oxidation sites excluding steroid dienone is 1. The van der Waals surface area contributed by atoms with Crippen molar-refractivity contribution in [3.8, 4) is 0 Å². The van der Waals surface area contributed by atoms with Gasteiger partial charge in [0.15, 0.2) is 0 Å². The number of rotatable bonds is 2. The van der Waals surface area contributed by atoms with E-state index in [1.165, 1.54) is 0 Å². The fraction of sp³-hybridized carbons (Fsp3) is 0.200. The molecule has 70 valence electrons. The Bertz CT molecular complexity index is 332. The fourth-order valence-electron chi connectivity index (χ4n) is 1.01. The van der Waals surface area contributed by atoms with E-state index in [1.54, 1.807) is 11.8 Å². The molecule has 0 saturated carbocycles. The summed E-state index contributed by atoms with van der Waals surface area (Å²) in [4.78, 5) is 1.01.